The second kappa shape index (κ2) is 12.9. The molecule has 1 aromatic rings. The van der Waals surface area contributed by atoms with Gasteiger partial charge in [-0.15, -0.1) is 0 Å². The maximum Gasteiger partial charge on any atom is 0.191 e. The van der Waals surface area contributed by atoms with Crippen LogP contribution in [-0.4, -0.2) is 69.5 Å². The van der Waals surface area contributed by atoms with Gasteiger partial charge in [0.2, 0.25) is 0 Å². The van der Waals surface area contributed by atoms with Crippen molar-refractivity contribution in [3.05, 3.63) is 35.9 Å². The number of nitrogens with zero attached hydrogens (tertiary/aromatic N) is 2. The highest BCUT2D eigenvalue weighted by atomic mass is 16.5. The molecule has 168 valence electrons. The van der Waals surface area contributed by atoms with Crippen molar-refractivity contribution in [1.82, 2.24) is 15.5 Å². The zero-order valence-electron chi connectivity index (χ0n) is 18.8. The highest BCUT2D eigenvalue weighted by molar-refractivity contribution is 5.79. The SMILES string of the molecule is CN=C(NCCCOCC1CCOCC1)NC1CCN(Cc2ccccc2)C(C)C1. The molecule has 6 nitrogen and oxygen atoms in total. The highest BCUT2D eigenvalue weighted by Gasteiger charge is 2.25. The molecule has 3 rings (SSSR count). The third-order valence-electron chi connectivity index (χ3n) is 6.26. The molecule has 2 saturated heterocycles. The van der Waals surface area contributed by atoms with Crippen LogP contribution in [0.4, 0.5) is 0 Å². The Balaban J connectivity index is 1.28. The summed E-state index contributed by atoms with van der Waals surface area (Å²) in [5.74, 6) is 1.59. The van der Waals surface area contributed by atoms with Crippen LogP contribution in [0.5, 0.6) is 0 Å². The van der Waals surface area contributed by atoms with Gasteiger partial charge < -0.3 is 20.1 Å². The predicted octanol–water partition coefficient (Wildman–Crippen LogP) is 3.04. The van der Waals surface area contributed by atoms with Crippen LogP contribution in [0.1, 0.15) is 44.6 Å². The Morgan fingerprint density at radius 2 is 2.00 bits per heavy atom. The van der Waals surface area contributed by atoms with E-state index < -0.39 is 0 Å². The summed E-state index contributed by atoms with van der Waals surface area (Å²) in [4.78, 5) is 6.99. The van der Waals surface area contributed by atoms with Crippen LogP contribution < -0.4 is 10.6 Å². The molecule has 1 aromatic carbocycles. The first kappa shape index (κ1) is 23.0. The van der Waals surface area contributed by atoms with Gasteiger partial charge in [0.05, 0.1) is 0 Å². The van der Waals surface area contributed by atoms with Crippen LogP contribution >= 0.6 is 0 Å². The van der Waals surface area contributed by atoms with Crippen molar-refractivity contribution in [2.45, 2.75) is 57.7 Å². The van der Waals surface area contributed by atoms with Crippen molar-refractivity contribution in [3.8, 4) is 0 Å². The summed E-state index contributed by atoms with van der Waals surface area (Å²) in [6.45, 7) is 8.83. The van der Waals surface area contributed by atoms with E-state index in [1.165, 1.54) is 5.56 Å². The van der Waals surface area contributed by atoms with E-state index in [0.29, 0.717) is 18.0 Å². The fraction of sp³-hybridized carbons (Fsp3) is 0.708. The lowest BCUT2D eigenvalue weighted by Gasteiger charge is -2.38. The van der Waals surface area contributed by atoms with E-state index >= 15 is 0 Å². The van der Waals surface area contributed by atoms with E-state index in [-0.39, 0.29) is 0 Å². The van der Waals surface area contributed by atoms with Crippen molar-refractivity contribution in [1.29, 1.82) is 0 Å². The first-order chi connectivity index (χ1) is 14.7. The Morgan fingerprint density at radius 3 is 2.73 bits per heavy atom. The Bertz CT molecular complexity index is 619. The molecule has 6 heteroatoms. The summed E-state index contributed by atoms with van der Waals surface area (Å²) >= 11 is 0. The number of aliphatic imine (C=N–C) groups is 1. The lowest BCUT2D eigenvalue weighted by Crippen LogP contribution is -2.51. The fourth-order valence-electron chi connectivity index (χ4n) is 4.34. The van der Waals surface area contributed by atoms with Crippen LogP contribution in [-0.2, 0) is 16.0 Å². The summed E-state index contributed by atoms with van der Waals surface area (Å²) < 4.78 is 11.2. The Hall–Kier alpha value is -1.63. The third-order valence-corrected chi connectivity index (χ3v) is 6.26. The van der Waals surface area contributed by atoms with Crippen LogP contribution in [0, 0.1) is 5.92 Å². The zero-order chi connectivity index (χ0) is 21.0. The minimum atomic E-state index is 0.475. The number of piperidine rings is 1. The minimum absolute atomic E-state index is 0.475. The van der Waals surface area contributed by atoms with E-state index in [0.717, 1.165) is 84.1 Å². The van der Waals surface area contributed by atoms with Crippen LogP contribution in [0.3, 0.4) is 0 Å². The topological polar surface area (TPSA) is 58.1 Å². The van der Waals surface area contributed by atoms with Crippen LogP contribution in [0.2, 0.25) is 0 Å². The van der Waals surface area contributed by atoms with Gasteiger partial charge in [-0.3, -0.25) is 9.89 Å². The lowest BCUT2D eigenvalue weighted by atomic mass is 9.97. The van der Waals surface area contributed by atoms with Gasteiger partial charge in [-0.05, 0) is 50.5 Å². The third kappa shape index (κ3) is 7.89. The lowest BCUT2D eigenvalue weighted by molar-refractivity contribution is 0.0203. The average Bonchev–Trinajstić information content (AvgIpc) is 2.78. The van der Waals surface area contributed by atoms with E-state index in [1.807, 2.05) is 7.05 Å². The number of benzene rings is 1. The number of hydrogen-bond acceptors (Lipinski definition) is 4. The van der Waals surface area contributed by atoms with Crippen molar-refractivity contribution < 1.29 is 9.47 Å². The fourth-order valence-corrected chi connectivity index (χ4v) is 4.34. The quantitative estimate of drug-likeness (QED) is 0.368. The molecule has 30 heavy (non-hydrogen) atoms. The second-order valence-electron chi connectivity index (χ2n) is 8.65. The summed E-state index contributed by atoms with van der Waals surface area (Å²) in [5.41, 5.74) is 1.40. The van der Waals surface area contributed by atoms with Gasteiger partial charge in [-0.25, -0.2) is 0 Å². The molecule has 0 bridgehead atoms. The predicted molar refractivity (Wildman–Crippen MR) is 123 cm³/mol. The van der Waals surface area contributed by atoms with Crippen molar-refractivity contribution in [2.75, 3.05) is 46.6 Å². The van der Waals surface area contributed by atoms with Gasteiger partial charge in [-0.2, -0.15) is 0 Å². The highest BCUT2D eigenvalue weighted by Crippen LogP contribution is 2.20. The van der Waals surface area contributed by atoms with Gasteiger partial charge >= 0.3 is 0 Å². The largest absolute Gasteiger partial charge is 0.381 e. The Labute approximate surface area is 182 Å². The van der Waals surface area contributed by atoms with E-state index in [1.54, 1.807) is 0 Å². The summed E-state index contributed by atoms with van der Waals surface area (Å²) in [7, 11) is 1.85. The van der Waals surface area contributed by atoms with Crippen molar-refractivity contribution >= 4 is 5.96 Å². The smallest absolute Gasteiger partial charge is 0.191 e. The Kier molecular flexibility index (Phi) is 9.93. The van der Waals surface area contributed by atoms with Gasteiger partial charge in [-0.1, -0.05) is 30.3 Å². The molecule has 2 unspecified atom stereocenters. The van der Waals surface area contributed by atoms with Gasteiger partial charge in [0.25, 0.3) is 0 Å². The first-order valence-electron chi connectivity index (χ1n) is 11.6. The average molecular weight is 417 g/mol. The van der Waals surface area contributed by atoms with Gasteiger partial charge in [0.1, 0.15) is 0 Å². The molecule has 2 aliphatic rings. The number of rotatable bonds is 9. The summed E-state index contributed by atoms with van der Waals surface area (Å²) in [6.07, 6.45) is 5.55. The van der Waals surface area contributed by atoms with Crippen LogP contribution in [0.15, 0.2) is 35.3 Å². The number of guanidine groups is 1. The molecule has 2 heterocycles. The zero-order valence-corrected chi connectivity index (χ0v) is 18.8. The molecule has 0 radical (unpaired) electrons. The molecule has 2 atom stereocenters. The molecular weight excluding hydrogens is 376 g/mol. The molecule has 2 aliphatic heterocycles. The van der Waals surface area contributed by atoms with E-state index in [2.05, 4.69) is 57.8 Å². The molecule has 0 aliphatic carbocycles. The number of ether oxygens (including phenoxy) is 2. The number of likely N-dealkylation sites (tertiary alicyclic amines) is 1. The summed E-state index contributed by atoms with van der Waals surface area (Å²) in [6, 6.07) is 11.8. The Morgan fingerprint density at radius 1 is 1.20 bits per heavy atom. The normalized spacial score (nSPS) is 24.0. The van der Waals surface area contributed by atoms with E-state index in [9.17, 15) is 0 Å². The number of hydrogen-bond donors (Lipinski definition) is 2. The molecule has 2 fully saturated rings. The second-order valence-corrected chi connectivity index (χ2v) is 8.65. The molecule has 0 spiro atoms. The standard InChI is InChI=1S/C24H40N4O2/c1-20-17-23(9-13-28(20)18-21-7-4-3-5-8-21)27-24(25-2)26-12-6-14-30-19-22-10-15-29-16-11-22/h3-5,7-8,20,22-23H,6,9-19H2,1-2H3,(H2,25,26,27). The van der Waals surface area contributed by atoms with Crippen molar-refractivity contribution in [2.24, 2.45) is 10.9 Å². The molecule has 0 amide bonds. The minimum Gasteiger partial charge on any atom is -0.381 e. The number of nitrogens with one attached hydrogen (secondary N) is 2. The monoisotopic (exact) mass is 416 g/mol. The summed E-state index contributed by atoms with van der Waals surface area (Å²) in [5, 5.41) is 7.07. The maximum atomic E-state index is 5.85. The molecule has 0 saturated carbocycles. The molecule has 2 N–H and O–H groups in total. The van der Waals surface area contributed by atoms with Crippen molar-refractivity contribution in [3.63, 3.8) is 0 Å². The first-order valence-corrected chi connectivity index (χ1v) is 11.6. The maximum absolute atomic E-state index is 5.85. The molecule has 0 aromatic heterocycles. The van der Waals surface area contributed by atoms with Gasteiger partial charge in [0, 0.05) is 65.2 Å². The van der Waals surface area contributed by atoms with Crippen LogP contribution in [0.25, 0.3) is 0 Å². The van der Waals surface area contributed by atoms with E-state index in [4.69, 9.17) is 9.47 Å². The van der Waals surface area contributed by atoms with Gasteiger partial charge in [0.15, 0.2) is 5.96 Å². The molecular formula is C24H40N4O2.